The van der Waals surface area contributed by atoms with Gasteiger partial charge in [-0.15, -0.1) is 0 Å². The first kappa shape index (κ1) is 12.8. The predicted octanol–water partition coefficient (Wildman–Crippen LogP) is 3.21. The molecule has 0 N–H and O–H groups in total. The van der Waals surface area contributed by atoms with E-state index in [2.05, 4.69) is 0 Å². The standard InChI is InChI=1S/C14H14N2O/c1-10(2)17-14-5-4-12(6-11(14)3)7-13(8-15)9-16/h4-7,10H,1-3H3. The molecule has 0 bridgehead atoms. The Kier molecular flexibility index (Phi) is 4.31. The van der Waals surface area contributed by atoms with Crippen LogP contribution in [0.15, 0.2) is 23.8 Å². The van der Waals surface area contributed by atoms with Gasteiger partial charge < -0.3 is 4.74 Å². The third-order valence-corrected chi connectivity index (χ3v) is 2.11. The Hall–Kier alpha value is -2.26. The van der Waals surface area contributed by atoms with E-state index in [1.54, 1.807) is 6.08 Å². The van der Waals surface area contributed by atoms with Gasteiger partial charge in [-0.2, -0.15) is 10.5 Å². The third kappa shape index (κ3) is 3.66. The number of rotatable bonds is 3. The van der Waals surface area contributed by atoms with Crippen molar-refractivity contribution < 1.29 is 4.74 Å². The van der Waals surface area contributed by atoms with Crippen molar-refractivity contribution in [2.75, 3.05) is 0 Å². The molecule has 0 aliphatic rings. The highest BCUT2D eigenvalue weighted by Gasteiger charge is 2.03. The molecule has 0 atom stereocenters. The van der Waals surface area contributed by atoms with Gasteiger partial charge in [0.15, 0.2) is 0 Å². The number of nitriles is 2. The molecule has 0 aliphatic heterocycles. The van der Waals surface area contributed by atoms with E-state index in [1.807, 2.05) is 51.1 Å². The van der Waals surface area contributed by atoms with Crippen molar-refractivity contribution in [3.8, 4) is 17.9 Å². The van der Waals surface area contributed by atoms with E-state index in [0.717, 1.165) is 16.9 Å². The van der Waals surface area contributed by atoms with Crippen LogP contribution in [0.3, 0.4) is 0 Å². The Bertz CT molecular complexity index is 500. The van der Waals surface area contributed by atoms with Gasteiger partial charge in [0.25, 0.3) is 0 Å². The molecule has 86 valence electrons. The molecule has 0 aliphatic carbocycles. The average Bonchev–Trinajstić information content (AvgIpc) is 2.29. The third-order valence-electron chi connectivity index (χ3n) is 2.11. The van der Waals surface area contributed by atoms with E-state index in [-0.39, 0.29) is 11.7 Å². The zero-order valence-electron chi connectivity index (χ0n) is 10.2. The lowest BCUT2D eigenvalue weighted by Gasteiger charge is -2.12. The normalized spacial score (nSPS) is 9.29. The van der Waals surface area contributed by atoms with Gasteiger partial charge in [-0.3, -0.25) is 0 Å². The van der Waals surface area contributed by atoms with Gasteiger partial charge in [0.2, 0.25) is 0 Å². The van der Waals surface area contributed by atoms with Gasteiger partial charge in [0, 0.05) is 0 Å². The minimum Gasteiger partial charge on any atom is -0.491 e. The first-order valence-electron chi connectivity index (χ1n) is 5.36. The summed E-state index contributed by atoms with van der Waals surface area (Å²) in [6, 6.07) is 9.25. The summed E-state index contributed by atoms with van der Waals surface area (Å²) in [6.07, 6.45) is 1.69. The zero-order chi connectivity index (χ0) is 12.8. The molecule has 17 heavy (non-hydrogen) atoms. The fraction of sp³-hybridized carbons (Fsp3) is 0.286. The maximum absolute atomic E-state index is 8.66. The molecule has 0 saturated heterocycles. The van der Waals surface area contributed by atoms with Crippen molar-refractivity contribution in [3.05, 3.63) is 34.9 Å². The van der Waals surface area contributed by atoms with Crippen LogP contribution in [0.1, 0.15) is 25.0 Å². The van der Waals surface area contributed by atoms with Crippen LogP contribution >= 0.6 is 0 Å². The van der Waals surface area contributed by atoms with E-state index in [1.165, 1.54) is 0 Å². The highest BCUT2D eigenvalue weighted by Crippen LogP contribution is 2.21. The molecule has 3 heteroatoms. The van der Waals surface area contributed by atoms with Crippen LogP contribution in [0.5, 0.6) is 5.75 Å². The second-order valence-corrected chi connectivity index (χ2v) is 3.97. The Balaban J connectivity index is 3.02. The van der Waals surface area contributed by atoms with Gasteiger partial charge >= 0.3 is 0 Å². The van der Waals surface area contributed by atoms with Gasteiger partial charge in [-0.25, -0.2) is 0 Å². The van der Waals surface area contributed by atoms with Crippen LogP contribution in [0.2, 0.25) is 0 Å². The van der Waals surface area contributed by atoms with Crippen molar-refractivity contribution in [3.63, 3.8) is 0 Å². The van der Waals surface area contributed by atoms with E-state index in [0.29, 0.717) is 0 Å². The Morgan fingerprint density at radius 1 is 1.29 bits per heavy atom. The van der Waals surface area contributed by atoms with Crippen molar-refractivity contribution in [2.24, 2.45) is 0 Å². The first-order valence-corrected chi connectivity index (χ1v) is 5.36. The molecule has 1 rings (SSSR count). The molecular weight excluding hydrogens is 212 g/mol. The number of nitrogens with zero attached hydrogens (tertiary/aromatic N) is 2. The van der Waals surface area contributed by atoms with Crippen LogP contribution in [-0.2, 0) is 0 Å². The molecular formula is C14H14N2O. The van der Waals surface area contributed by atoms with Crippen LogP contribution < -0.4 is 4.74 Å². The second kappa shape index (κ2) is 5.72. The molecule has 0 amide bonds. The van der Waals surface area contributed by atoms with Crippen LogP contribution in [0.25, 0.3) is 6.08 Å². The Morgan fingerprint density at radius 3 is 2.41 bits per heavy atom. The smallest absolute Gasteiger partial charge is 0.130 e. The Morgan fingerprint density at radius 2 is 1.94 bits per heavy atom. The molecule has 0 unspecified atom stereocenters. The topological polar surface area (TPSA) is 56.8 Å². The molecule has 1 aromatic rings. The van der Waals surface area contributed by atoms with Crippen LogP contribution in [-0.4, -0.2) is 6.10 Å². The molecule has 0 fully saturated rings. The molecule has 0 radical (unpaired) electrons. The minimum atomic E-state index is 0.0990. The van der Waals surface area contributed by atoms with Crippen molar-refractivity contribution in [1.29, 1.82) is 10.5 Å². The van der Waals surface area contributed by atoms with Crippen LogP contribution in [0.4, 0.5) is 0 Å². The monoisotopic (exact) mass is 226 g/mol. The quantitative estimate of drug-likeness (QED) is 0.743. The van der Waals surface area contributed by atoms with Gasteiger partial charge in [-0.1, -0.05) is 6.07 Å². The van der Waals surface area contributed by atoms with Crippen molar-refractivity contribution >= 4 is 6.08 Å². The number of aryl methyl sites for hydroxylation is 1. The molecule has 0 aromatic heterocycles. The highest BCUT2D eigenvalue weighted by molar-refractivity contribution is 5.63. The van der Waals surface area contributed by atoms with Gasteiger partial charge in [-0.05, 0) is 50.1 Å². The summed E-state index contributed by atoms with van der Waals surface area (Å²) in [5.41, 5.74) is 1.92. The molecule has 1 aromatic carbocycles. The van der Waals surface area contributed by atoms with Crippen LogP contribution in [0, 0.1) is 29.6 Å². The second-order valence-electron chi connectivity index (χ2n) is 3.97. The van der Waals surface area contributed by atoms with Crippen molar-refractivity contribution in [1.82, 2.24) is 0 Å². The SMILES string of the molecule is Cc1cc(C=C(C#N)C#N)ccc1OC(C)C. The van der Waals surface area contributed by atoms with E-state index in [4.69, 9.17) is 15.3 Å². The maximum Gasteiger partial charge on any atom is 0.130 e. The first-order chi connectivity index (χ1) is 8.06. The fourth-order valence-electron chi connectivity index (χ4n) is 1.40. The molecule has 3 nitrogen and oxygen atoms in total. The lowest BCUT2D eigenvalue weighted by Crippen LogP contribution is -2.06. The van der Waals surface area contributed by atoms with Gasteiger partial charge in [0.1, 0.15) is 23.5 Å². The number of allylic oxidation sites excluding steroid dienone is 1. The molecule has 0 saturated carbocycles. The summed E-state index contributed by atoms with van der Waals surface area (Å²) in [6.45, 7) is 5.88. The zero-order valence-corrected chi connectivity index (χ0v) is 10.2. The van der Waals surface area contributed by atoms with E-state index in [9.17, 15) is 0 Å². The predicted molar refractivity (Wildman–Crippen MR) is 66.1 cm³/mol. The summed E-state index contributed by atoms with van der Waals surface area (Å²) in [5, 5.41) is 17.3. The number of ether oxygens (including phenoxy) is 1. The highest BCUT2D eigenvalue weighted by atomic mass is 16.5. The number of hydrogen-bond donors (Lipinski definition) is 0. The summed E-state index contributed by atoms with van der Waals surface area (Å²) < 4.78 is 5.61. The minimum absolute atomic E-state index is 0.0990. The lowest BCUT2D eigenvalue weighted by molar-refractivity contribution is 0.241. The maximum atomic E-state index is 8.66. The Labute approximate surface area is 102 Å². The average molecular weight is 226 g/mol. The fourth-order valence-corrected chi connectivity index (χ4v) is 1.40. The number of hydrogen-bond acceptors (Lipinski definition) is 3. The summed E-state index contributed by atoms with van der Waals surface area (Å²) >= 11 is 0. The summed E-state index contributed by atoms with van der Waals surface area (Å²) in [5.74, 6) is 0.826. The molecule has 0 heterocycles. The van der Waals surface area contributed by atoms with E-state index >= 15 is 0 Å². The van der Waals surface area contributed by atoms with Gasteiger partial charge in [0.05, 0.1) is 6.10 Å². The largest absolute Gasteiger partial charge is 0.491 e. The molecule has 0 spiro atoms. The number of benzene rings is 1. The summed E-state index contributed by atoms with van der Waals surface area (Å²) in [7, 11) is 0. The van der Waals surface area contributed by atoms with Crippen molar-refractivity contribution in [2.45, 2.75) is 26.9 Å². The summed E-state index contributed by atoms with van der Waals surface area (Å²) in [4.78, 5) is 0. The van der Waals surface area contributed by atoms with E-state index < -0.39 is 0 Å². The lowest BCUT2D eigenvalue weighted by atomic mass is 10.1.